The number of nitrogens with zero attached hydrogens (tertiary/aromatic N) is 3. The summed E-state index contributed by atoms with van der Waals surface area (Å²) in [5.74, 6) is -7.08. The van der Waals surface area contributed by atoms with Crippen LogP contribution in [0.1, 0.15) is 43.8 Å². The number of fused-ring (bicyclic) bond motifs is 1. The minimum atomic E-state index is -4.29. The van der Waals surface area contributed by atoms with E-state index in [0.717, 1.165) is 12.3 Å². The number of carbonyl (C=O) groups is 1. The zero-order valence-corrected chi connectivity index (χ0v) is 16.3. The van der Waals surface area contributed by atoms with Gasteiger partial charge in [-0.2, -0.15) is 19.3 Å². The monoisotopic (exact) mass is 429 g/mol. The highest BCUT2D eigenvalue weighted by atomic mass is 19.3. The maximum absolute atomic E-state index is 15.1. The van der Waals surface area contributed by atoms with Crippen molar-refractivity contribution in [2.75, 3.05) is 0 Å². The normalized spacial score (nSPS) is 12.1. The Balaban J connectivity index is 0.00000272. The number of benzene rings is 1. The number of halogens is 3. The molecule has 0 bridgehead atoms. The molecule has 2 heterocycles. The van der Waals surface area contributed by atoms with Crippen molar-refractivity contribution in [3.8, 4) is 12.1 Å². The second-order valence-electron chi connectivity index (χ2n) is 6.77. The van der Waals surface area contributed by atoms with Crippen LogP contribution >= 0.6 is 0 Å². The fraction of sp³-hybridized carbons (Fsp3) is 0.190. The lowest BCUT2D eigenvalue weighted by Crippen LogP contribution is -2.43. The molecular weight excluding hydrogens is 411 g/mol. The van der Waals surface area contributed by atoms with E-state index in [9.17, 15) is 19.2 Å². The van der Waals surface area contributed by atoms with Gasteiger partial charge in [-0.15, -0.1) is 0 Å². The molecule has 2 N–H and O–H groups in total. The predicted molar refractivity (Wildman–Crippen MR) is 108 cm³/mol. The van der Waals surface area contributed by atoms with Gasteiger partial charge in [-0.1, -0.05) is 6.07 Å². The van der Waals surface area contributed by atoms with Crippen LogP contribution in [0.5, 0.6) is 0 Å². The number of H-pyrrole nitrogens is 1. The van der Waals surface area contributed by atoms with Gasteiger partial charge in [-0.25, -0.2) is 4.39 Å². The summed E-state index contributed by atoms with van der Waals surface area (Å²) in [6, 6.07) is 7.48. The first-order chi connectivity index (χ1) is 14.6. The first-order valence-corrected chi connectivity index (χ1v) is 8.92. The zero-order chi connectivity index (χ0) is 22.9. The number of aromatic amines is 1. The molecule has 0 unspecified atom stereocenters. The van der Waals surface area contributed by atoms with Crippen molar-refractivity contribution in [3.05, 3.63) is 74.6 Å². The van der Waals surface area contributed by atoms with Crippen molar-refractivity contribution < 1.29 is 20.8 Å². The molecule has 1 atom stereocenters. The number of hydrogen-bond acceptors (Lipinski definition) is 5. The molecule has 160 valence electrons. The zero-order valence-electron chi connectivity index (χ0n) is 16.3. The molecule has 31 heavy (non-hydrogen) atoms. The van der Waals surface area contributed by atoms with E-state index in [4.69, 9.17) is 5.26 Å². The third-order valence-corrected chi connectivity index (χ3v) is 4.77. The Labute approximate surface area is 176 Å². The van der Waals surface area contributed by atoms with E-state index in [2.05, 4.69) is 9.97 Å². The minimum absolute atomic E-state index is 0. The molecule has 0 radical (unpaired) electrons. The lowest BCUT2D eigenvalue weighted by atomic mass is 9.96. The van der Waals surface area contributed by atoms with E-state index in [1.54, 1.807) is 6.07 Å². The standard InChI is InChI=1S/C21H14F3N5O2.2H2/c1-10-16-13(8-26)4-3-5-15(16)29-19(30)17(10)21(23,24)20(31)28-11(2)18-14(22)6-12(7-25)9-27-18;;/h3-6,9,11H,1-2H3,(H,28,31)(H,29,30);2*1H/t11-;;/m1../s1. The summed E-state index contributed by atoms with van der Waals surface area (Å²) in [7, 11) is 0. The number of nitriles is 2. The molecule has 0 fully saturated rings. The molecular formula is C21H18F3N5O2. The van der Waals surface area contributed by atoms with E-state index in [1.807, 2.05) is 11.4 Å². The largest absolute Gasteiger partial charge is 0.355 e. The van der Waals surface area contributed by atoms with Gasteiger partial charge in [0.1, 0.15) is 11.9 Å². The Kier molecular flexibility index (Phi) is 5.50. The van der Waals surface area contributed by atoms with Crippen molar-refractivity contribution in [1.29, 1.82) is 10.5 Å². The van der Waals surface area contributed by atoms with Gasteiger partial charge in [0.15, 0.2) is 0 Å². The van der Waals surface area contributed by atoms with Crippen LogP contribution in [0.25, 0.3) is 10.9 Å². The Morgan fingerprint density at radius 1 is 1.32 bits per heavy atom. The molecule has 0 aliphatic rings. The summed E-state index contributed by atoms with van der Waals surface area (Å²) in [5.41, 5.74) is -2.70. The quantitative estimate of drug-likeness (QED) is 0.656. The van der Waals surface area contributed by atoms with E-state index >= 15 is 8.78 Å². The van der Waals surface area contributed by atoms with Crippen LogP contribution in [0.4, 0.5) is 13.2 Å². The number of hydrogen-bond donors (Lipinski definition) is 2. The number of nitrogens with one attached hydrogen (secondary N) is 2. The lowest BCUT2D eigenvalue weighted by Gasteiger charge is -2.21. The Morgan fingerprint density at radius 3 is 2.65 bits per heavy atom. The molecule has 1 amide bonds. The summed E-state index contributed by atoms with van der Waals surface area (Å²) in [6.45, 7) is 2.46. The highest BCUT2D eigenvalue weighted by molar-refractivity contribution is 5.92. The summed E-state index contributed by atoms with van der Waals surface area (Å²) in [5, 5.41) is 20.1. The van der Waals surface area contributed by atoms with Gasteiger partial charge in [-0.05, 0) is 37.6 Å². The number of alkyl halides is 2. The maximum Gasteiger partial charge on any atom is 0.355 e. The van der Waals surface area contributed by atoms with Crippen molar-refractivity contribution in [2.24, 2.45) is 0 Å². The van der Waals surface area contributed by atoms with Gasteiger partial charge in [0.25, 0.3) is 11.5 Å². The number of pyridine rings is 2. The third kappa shape index (κ3) is 3.71. The smallest absolute Gasteiger partial charge is 0.342 e. The van der Waals surface area contributed by atoms with Gasteiger partial charge < -0.3 is 10.3 Å². The summed E-state index contributed by atoms with van der Waals surface area (Å²) < 4.78 is 44.2. The molecule has 0 spiro atoms. The molecule has 0 aliphatic carbocycles. The fourth-order valence-corrected chi connectivity index (χ4v) is 3.31. The van der Waals surface area contributed by atoms with Crippen LogP contribution in [0.15, 0.2) is 35.3 Å². The van der Waals surface area contributed by atoms with E-state index in [0.29, 0.717) is 0 Å². The third-order valence-electron chi connectivity index (χ3n) is 4.77. The average molecular weight is 429 g/mol. The maximum atomic E-state index is 15.1. The summed E-state index contributed by atoms with van der Waals surface area (Å²) in [6.07, 6.45) is 1.04. The second-order valence-corrected chi connectivity index (χ2v) is 6.77. The molecule has 0 saturated heterocycles. The molecule has 0 aliphatic heterocycles. The van der Waals surface area contributed by atoms with Crippen molar-refractivity contribution >= 4 is 16.8 Å². The Bertz CT molecular complexity index is 1360. The van der Waals surface area contributed by atoms with Crippen molar-refractivity contribution in [1.82, 2.24) is 15.3 Å². The lowest BCUT2D eigenvalue weighted by molar-refractivity contribution is -0.148. The average Bonchev–Trinajstić information content (AvgIpc) is 2.72. The van der Waals surface area contributed by atoms with Crippen LogP contribution < -0.4 is 10.9 Å². The second kappa shape index (κ2) is 7.92. The molecule has 7 nitrogen and oxygen atoms in total. The number of rotatable bonds is 4. The number of carbonyl (C=O) groups excluding carboxylic acids is 1. The molecule has 3 rings (SSSR count). The van der Waals surface area contributed by atoms with E-state index < -0.39 is 34.8 Å². The van der Waals surface area contributed by atoms with E-state index in [-0.39, 0.29) is 36.1 Å². The summed E-state index contributed by atoms with van der Waals surface area (Å²) in [4.78, 5) is 30.7. The fourth-order valence-electron chi connectivity index (χ4n) is 3.31. The van der Waals surface area contributed by atoms with Crippen molar-refractivity contribution in [2.45, 2.75) is 25.8 Å². The molecule has 2 aromatic heterocycles. The van der Waals surface area contributed by atoms with Gasteiger partial charge in [0.2, 0.25) is 0 Å². The minimum Gasteiger partial charge on any atom is -0.342 e. The first kappa shape index (κ1) is 21.5. The van der Waals surface area contributed by atoms with Gasteiger partial charge in [-0.3, -0.25) is 14.6 Å². The van der Waals surface area contributed by atoms with Crippen LogP contribution in [-0.2, 0) is 10.7 Å². The van der Waals surface area contributed by atoms with Crippen LogP contribution in [0.2, 0.25) is 0 Å². The van der Waals surface area contributed by atoms with Gasteiger partial charge >= 0.3 is 5.92 Å². The van der Waals surface area contributed by atoms with E-state index in [1.165, 1.54) is 32.0 Å². The first-order valence-electron chi connectivity index (χ1n) is 8.92. The van der Waals surface area contributed by atoms with Crippen LogP contribution in [0.3, 0.4) is 0 Å². The number of aryl methyl sites for hydroxylation is 1. The number of amides is 1. The molecule has 10 heteroatoms. The SMILES string of the molecule is Cc1c(C(F)(F)C(=O)N[C@H](C)c2ncc(C#N)cc2F)c(=O)[nH]c2cccc(C#N)c12.[HH].[HH]. The highest BCUT2D eigenvalue weighted by Gasteiger charge is 2.45. The highest BCUT2D eigenvalue weighted by Crippen LogP contribution is 2.33. The summed E-state index contributed by atoms with van der Waals surface area (Å²) >= 11 is 0. The van der Waals surface area contributed by atoms with Crippen molar-refractivity contribution in [3.63, 3.8) is 0 Å². The van der Waals surface area contributed by atoms with Crippen LogP contribution in [0, 0.1) is 35.4 Å². The Hall–Kier alpha value is -4.18. The van der Waals surface area contributed by atoms with Gasteiger partial charge in [0.05, 0.1) is 34.5 Å². The van der Waals surface area contributed by atoms with Crippen LogP contribution in [-0.4, -0.2) is 15.9 Å². The topological polar surface area (TPSA) is 122 Å². The van der Waals surface area contributed by atoms with Gasteiger partial charge in [0, 0.05) is 20.0 Å². The molecule has 1 aromatic carbocycles. The Morgan fingerprint density at radius 2 is 2.03 bits per heavy atom. The molecule has 3 aromatic rings. The molecule has 0 saturated carbocycles. The number of aromatic nitrogens is 2. The predicted octanol–water partition coefficient (Wildman–Crippen LogP) is 3.58.